The third-order valence-corrected chi connectivity index (χ3v) is 2.49. The summed E-state index contributed by atoms with van der Waals surface area (Å²) in [5.41, 5.74) is 3.37. The van der Waals surface area contributed by atoms with Crippen LogP contribution in [-0.2, 0) is 11.2 Å². The van der Waals surface area contributed by atoms with Crippen LogP contribution < -0.4 is 5.32 Å². The van der Waals surface area contributed by atoms with Crippen molar-refractivity contribution in [2.45, 2.75) is 33.1 Å². The molecule has 0 bridgehead atoms. The van der Waals surface area contributed by atoms with Crippen molar-refractivity contribution >= 4 is 11.7 Å². The monoisotopic (exact) mass is 221 g/mol. The second-order valence-corrected chi connectivity index (χ2v) is 4.01. The van der Waals surface area contributed by atoms with E-state index in [1.165, 1.54) is 11.1 Å². The SMILES string of the molecule is CCCCc1cc(C)ccc1NCC(=O)O. The number of carboxylic acid groups (broad SMARTS) is 1. The van der Waals surface area contributed by atoms with Crippen molar-refractivity contribution in [3.8, 4) is 0 Å². The van der Waals surface area contributed by atoms with Crippen LogP contribution in [0.2, 0.25) is 0 Å². The van der Waals surface area contributed by atoms with Gasteiger partial charge in [0.25, 0.3) is 0 Å². The number of carboxylic acids is 1. The average molecular weight is 221 g/mol. The van der Waals surface area contributed by atoms with Gasteiger partial charge in [-0.05, 0) is 31.4 Å². The van der Waals surface area contributed by atoms with Gasteiger partial charge in [0.2, 0.25) is 0 Å². The molecule has 0 radical (unpaired) electrons. The van der Waals surface area contributed by atoms with Gasteiger partial charge in [0.15, 0.2) is 0 Å². The van der Waals surface area contributed by atoms with E-state index in [1.807, 2.05) is 12.1 Å². The van der Waals surface area contributed by atoms with Gasteiger partial charge in [-0.3, -0.25) is 4.79 Å². The normalized spacial score (nSPS) is 10.1. The van der Waals surface area contributed by atoms with Crippen molar-refractivity contribution < 1.29 is 9.90 Å². The molecule has 0 aliphatic carbocycles. The van der Waals surface area contributed by atoms with Crippen LogP contribution in [0.3, 0.4) is 0 Å². The molecule has 88 valence electrons. The lowest BCUT2D eigenvalue weighted by atomic mass is 10.0. The van der Waals surface area contributed by atoms with Gasteiger partial charge in [0, 0.05) is 5.69 Å². The highest BCUT2D eigenvalue weighted by atomic mass is 16.4. The largest absolute Gasteiger partial charge is 0.480 e. The maximum atomic E-state index is 10.5. The summed E-state index contributed by atoms with van der Waals surface area (Å²) >= 11 is 0. The van der Waals surface area contributed by atoms with Crippen LogP contribution >= 0.6 is 0 Å². The number of benzene rings is 1. The van der Waals surface area contributed by atoms with E-state index in [-0.39, 0.29) is 6.54 Å². The van der Waals surface area contributed by atoms with Gasteiger partial charge in [-0.15, -0.1) is 0 Å². The number of hydrogen-bond donors (Lipinski definition) is 2. The van der Waals surface area contributed by atoms with Gasteiger partial charge in [-0.2, -0.15) is 0 Å². The minimum Gasteiger partial charge on any atom is -0.480 e. The van der Waals surface area contributed by atoms with E-state index in [0.29, 0.717) is 0 Å². The Kier molecular flexibility index (Phi) is 4.83. The molecule has 1 rings (SSSR count). The van der Waals surface area contributed by atoms with Crippen molar-refractivity contribution in [3.63, 3.8) is 0 Å². The average Bonchev–Trinajstić information content (AvgIpc) is 2.24. The predicted octanol–water partition coefficient (Wildman–Crippen LogP) is 2.83. The molecular formula is C13H19NO2. The van der Waals surface area contributed by atoms with Crippen LogP contribution in [0.4, 0.5) is 5.69 Å². The Morgan fingerprint density at radius 2 is 2.19 bits per heavy atom. The molecule has 0 fully saturated rings. The predicted molar refractivity (Wildman–Crippen MR) is 65.9 cm³/mol. The fourth-order valence-electron chi connectivity index (χ4n) is 1.64. The van der Waals surface area contributed by atoms with Gasteiger partial charge >= 0.3 is 5.97 Å². The summed E-state index contributed by atoms with van der Waals surface area (Å²) in [5, 5.41) is 11.6. The maximum absolute atomic E-state index is 10.5. The van der Waals surface area contributed by atoms with E-state index < -0.39 is 5.97 Å². The Labute approximate surface area is 96.5 Å². The van der Waals surface area contributed by atoms with Crippen molar-refractivity contribution in [3.05, 3.63) is 29.3 Å². The lowest BCUT2D eigenvalue weighted by molar-refractivity contribution is -0.134. The second-order valence-electron chi connectivity index (χ2n) is 4.01. The Hall–Kier alpha value is -1.51. The molecule has 1 aromatic rings. The molecule has 0 aromatic heterocycles. The van der Waals surface area contributed by atoms with Crippen LogP contribution in [0.1, 0.15) is 30.9 Å². The first-order valence-electron chi connectivity index (χ1n) is 5.68. The molecule has 0 atom stereocenters. The molecule has 3 heteroatoms. The number of anilines is 1. The van der Waals surface area contributed by atoms with E-state index >= 15 is 0 Å². The number of carbonyl (C=O) groups is 1. The molecule has 1 aromatic carbocycles. The molecule has 0 saturated carbocycles. The maximum Gasteiger partial charge on any atom is 0.322 e. The Balaban J connectivity index is 2.76. The van der Waals surface area contributed by atoms with Gasteiger partial charge < -0.3 is 10.4 Å². The Bertz CT molecular complexity index is 361. The molecule has 0 unspecified atom stereocenters. The number of unbranched alkanes of at least 4 members (excludes halogenated alkanes) is 1. The van der Waals surface area contributed by atoms with E-state index in [4.69, 9.17) is 5.11 Å². The molecule has 0 amide bonds. The van der Waals surface area contributed by atoms with Gasteiger partial charge in [-0.25, -0.2) is 0 Å². The van der Waals surface area contributed by atoms with Gasteiger partial charge in [0.05, 0.1) is 0 Å². The molecule has 16 heavy (non-hydrogen) atoms. The van der Waals surface area contributed by atoms with Crippen molar-refractivity contribution in [2.75, 3.05) is 11.9 Å². The van der Waals surface area contributed by atoms with Crippen LogP contribution in [0.5, 0.6) is 0 Å². The van der Waals surface area contributed by atoms with E-state index in [2.05, 4.69) is 25.2 Å². The molecule has 0 aliphatic rings. The Morgan fingerprint density at radius 1 is 1.44 bits per heavy atom. The summed E-state index contributed by atoms with van der Waals surface area (Å²) < 4.78 is 0. The second kappa shape index (κ2) is 6.16. The third kappa shape index (κ3) is 3.93. The lowest BCUT2D eigenvalue weighted by Crippen LogP contribution is -2.13. The lowest BCUT2D eigenvalue weighted by Gasteiger charge is -2.11. The highest BCUT2D eigenvalue weighted by Crippen LogP contribution is 2.19. The van der Waals surface area contributed by atoms with Crippen LogP contribution in [0.25, 0.3) is 0 Å². The zero-order valence-corrected chi connectivity index (χ0v) is 9.92. The summed E-state index contributed by atoms with van der Waals surface area (Å²) in [6.45, 7) is 4.18. The molecule has 0 heterocycles. The first-order valence-corrected chi connectivity index (χ1v) is 5.68. The summed E-state index contributed by atoms with van der Waals surface area (Å²) in [4.78, 5) is 10.5. The minimum atomic E-state index is -0.831. The number of aliphatic carboxylic acids is 1. The van der Waals surface area contributed by atoms with Crippen LogP contribution in [-0.4, -0.2) is 17.6 Å². The van der Waals surface area contributed by atoms with Crippen molar-refractivity contribution in [1.82, 2.24) is 0 Å². The molecule has 0 aliphatic heterocycles. The molecular weight excluding hydrogens is 202 g/mol. The topological polar surface area (TPSA) is 49.3 Å². The van der Waals surface area contributed by atoms with Crippen LogP contribution in [0.15, 0.2) is 18.2 Å². The zero-order valence-electron chi connectivity index (χ0n) is 9.92. The van der Waals surface area contributed by atoms with E-state index in [0.717, 1.165) is 24.9 Å². The summed E-state index contributed by atoms with van der Waals surface area (Å²) in [6.07, 6.45) is 3.28. The first-order chi connectivity index (χ1) is 7.63. The van der Waals surface area contributed by atoms with Gasteiger partial charge in [0.1, 0.15) is 6.54 Å². The Morgan fingerprint density at radius 3 is 2.81 bits per heavy atom. The standard InChI is InChI=1S/C13H19NO2/c1-3-4-5-11-8-10(2)6-7-12(11)14-9-13(15)16/h6-8,14H,3-5,9H2,1-2H3,(H,15,16). The van der Waals surface area contributed by atoms with Crippen molar-refractivity contribution in [1.29, 1.82) is 0 Å². The van der Waals surface area contributed by atoms with E-state index in [1.54, 1.807) is 0 Å². The highest BCUT2D eigenvalue weighted by molar-refractivity contribution is 5.73. The quantitative estimate of drug-likeness (QED) is 0.776. The highest BCUT2D eigenvalue weighted by Gasteiger charge is 2.04. The summed E-state index contributed by atoms with van der Waals surface area (Å²) in [6, 6.07) is 6.09. The minimum absolute atomic E-state index is 0.0256. The summed E-state index contributed by atoms with van der Waals surface area (Å²) in [5.74, 6) is -0.831. The fourth-order valence-corrected chi connectivity index (χ4v) is 1.64. The molecule has 2 N–H and O–H groups in total. The zero-order chi connectivity index (χ0) is 12.0. The first kappa shape index (κ1) is 12.6. The van der Waals surface area contributed by atoms with Crippen LogP contribution in [0, 0.1) is 6.92 Å². The summed E-state index contributed by atoms with van der Waals surface area (Å²) in [7, 11) is 0. The third-order valence-electron chi connectivity index (χ3n) is 2.49. The number of rotatable bonds is 6. The van der Waals surface area contributed by atoms with Crippen molar-refractivity contribution in [2.24, 2.45) is 0 Å². The molecule has 0 saturated heterocycles. The fraction of sp³-hybridized carbons (Fsp3) is 0.462. The van der Waals surface area contributed by atoms with E-state index in [9.17, 15) is 4.79 Å². The number of aryl methyl sites for hydroxylation is 2. The van der Waals surface area contributed by atoms with Gasteiger partial charge in [-0.1, -0.05) is 31.0 Å². The molecule has 0 spiro atoms. The smallest absolute Gasteiger partial charge is 0.322 e. The number of nitrogens with one attached hydrogen (secondary N) is 1. The number of hydrogen-bond acceptors (Lipinski definition) is 2. The molecule has 3 nitrogen and oxygen atoms in total.